The molecular weight excluding hydrogens is 294 g/mol. The van der Waals surface area contributed by atoms with Gasteiger partial charge in [0.1, 0.15) is 11.9 Å². The Hall–Kier alpha value is -2.54. The first-order valence-corrected chi connectivity index (χ1v) is 6.59. The van der Waals surface area contributed by atoms with Crippen LogP contribution in [0.2, 0.25) is 0 Å². The first-order valence-electron chi connectivity index (χ1n) is 6.59. The van der Waals surface area contributed by atoms with Crippen molar-refractivity contribution in [1.82, 2.24) is 4.98 Å². The molecular formula is C15H12F2N2O3. The van der Waals surface area contributed by atoms with E-state index >= 15 is 0 Å². The van der Waals surface area contributed by atoms with E-state index in [1.54, 1.807) is 6.07 Å². The highest BCUT2D eigenvalue weighted by molar-refractivity contribution is 5.90. The predicted molar refractivity (Wildman–Crippen MR) is 74.3 cm³/mol. The van der Waals surface area contributed by atoms with Crippen LogP contribution in [-0.2, 0) is 4.74 Å². The molecule has 0 aliphatic carbocycles. The normalized spacial score (nSPS) is 17.7. The summed E-state index contributed by atoms with van der Waals surface area (Å²) in [6, 6.07) is 6.81. The van der Waals surface area contributed by atoms with E-state index in [4.69, 9.17) is 9.84 Å². The van der Waals surface area contributed by atoms with E-state index in [2.05, 4.69) is 4.98 Å². The largest absolute Gasteiger partial charge is 0.441 e. The molecule has 1 unspecified atom stereocenters. The van der Waals surface area contributed by atoms with Crippen LogP contribution in [0.1, 0.15) is 0 Å². The summed E-state index contributed by atoms with van der Waals surface area (Å²) >= 11 is 0. The Morgan fingerprint density at radius 1 is 1.32 bits per heavy atom. The lowest BCUT2D eigenvalue weighted by Gasteiger charge is -2.14. The molecule has 1 aromatic carbocycles. The lowest BCUT2D eigenvalue weighted by Crippen LogP contribution is -2.25. The third-order valence-electron chi connectivity index (χ3n) is 3.38. The summed E-state index contributed by atoms with van der Waals surface area (Å²) in [6.07, 6.45) is -0.00883. The summed E-state index contributed by atoms with van der Waals surface area (Å²) in [4.78, 5) is 16.4. The topological polar surface area (TPSA) is 62.7 Å². The molecule has 5 nitrogen and oxygen atoms in total. The smallest absolute Gasteiger partial charge is 0.414 e. The van der Waals surface area contributed by atoms with Crippen molar-refractivity contribution < 1.29 is 23.4 Å². The average Bonchev–Trinajstić information content (AvgIpc) is 2.89. The van der Waals surface area contributed by atoms with Crippen molar-refractivity contribution >= 4 is 11.8 Å². The number of ether oxygens (including phenoxy) is 1. The maximum atomic E-state index is 14.2. The Labute approximate surface area is 124 Å². The van der Waals surface area contributed by atoms with E-state index < -0.39 is 24.0 Å². The second kappa shape index (κ2) is 5.69. The molecule has 1 aliphatic heterocycles. The number of hydrogen-bond acceptors (Lipinski definition) is 4. The van der Waals surface area contributed by atoms with Crippen LogP contribution in [0.15, 0.2) is 36.5 Å². The van der Waals surface area contributed by atoms with Crippen LogP contribution in [0.25, 0.3) is 11.1 Å². The summed E-state index contributed by atoms with van der Waals surface area (Å²) in [5.41, 5.74) is 1.02. The molecule has 114 valence electrons. The first-order chi connectivity index (χ1) is 10.6. The molecule has 0 saturated carbocycles. The number of nitrogens with zero attached hydrogens (tertiary/aromatic N) is 2. The molecule has 1 aliphatic rings. The van der Waals surface area contributed by atoms with Crippen molar-refractivity contribution in [3.8, 4) is 11.1 Å². The molecule has 1 N–H and O–H groups in total. The quantitative estimate of drug-likeness (QED) is 0.884. The van der Waals surface area contributed by atoms with E-state index in [1.165, 1.54) is 29.3 Å². The second-order valence-electron chi connectivity index (χ2n) is 4.83. The molecule has 1 atom stereocenters. The van der Waals surface area contributed by atoms with E-state index in [1.807, 2.05) is 0 Å². The van der Waals surface area contributed by atoms with Gasteiger partial charge < -0.3 is 9.84 Å². The fourth-order valence-electron chi connectivity index (χ4n) is 2.27. The van der Waals surface area contributed by atoms with E-state index in [0.29, 0.717) is 11.3 Å². The number of anilines is 1. The number of aromatic nitrogens is 1. The average molecular weight is 306 g/mol. The highest BCUT2D eigenvalue weighted by atomic mass is 19.1. The molecule has 0 bridgehead atoms. The van der Waals surface area contributed by atoms with Gasteiger partial charge in [-0.1, -0.05) is 0 Å². The lowest BCUT2D eigenvalue weighted by atomic mass is 10.1. The zero-order chi connectivity index (χ0) is 15.7. The number of benzene rings is 1. The molecule has 3 rings (SSSR count). The van der Waals surface area contributed by atoms with Gasteiger partial charge in [-0.2, -0.15) is 4.39 Å². The van der Waals surface area contributed by atoms with Crippen LogP contribution in [0.3, 0.4) is 0 Å². The monoisotopic (exact) mass is 306 g/mol. The van der Waals surface area contributed by atoms with Gasteiger partial charge in [-0.15, -0.1) is 0 Å². The SMILES string of the molecule is O=C1OC(CO)CN1c1ccc(-c2ccc(F)nc2)c(F)c1. The molecule has 1 saturated heterocycles. The van der Waals surface area contributed by atoms with Crippen molar-refractivity contribution in [2.45, 2.75) is 6.10 Å². The summed E-state index contributed by atoms with van der Waals surface area (Å²) in [6.45, 7) is -0.129. The summed E-state index contributed by atoms with van der Waals surface area (Å²) in [5.74, 6) is -1.21. The Morgan fingerprint density at radius 2 is 2.14 bits per heavy atom. The molecule has 0 spiro atoms. The van der Waals surface area contributed by atoms with Gasteiger partial charge in [0.25, 0.3) is 0 Å². The van der Waals surface area contributed by atoms with Gasteiger partial charge in [0.05, 0.1) is 18.8 Å². The van der Waals surface area contributed by atoms with Crippen LogP contribution in [0.5, 0.6) is 0 Å². The Morgan fingerprint density at radius 3 is 2.73 bits per heavy atom. The molecule has 7 heteroatoms. The van der Waals surface area contributed by atoms with Crippen LogP contribution in [-0.4, -0.2) is 35.4 Å². The van der Waals surface area contributed by atoms with Crippen LogP contribution in [0.4, 0.5) is 19.3 Å². The molecule has 2 aromatic rings. The molecule has 1 amide bonds. The summed E-state index contributed by atoms with van der Waals surface area (Å²) < 4.78 is 32.0. The Bertz CT molecular complexity index is 706. The number of halogens is 2. The number of pyridine rings is 1. The van der Waals surface area contributed by atoms with Crippen LogP contribution < -0.4 is 4.90 Å². The van der Waals surface area contributed by atoms with Crippen LogP contribution in [0, 0.1) is 11.8 Å². The predicted octanol–water partition coefficient (Wildman–Crippen LogP) is 2.34. The Balaban J connectivity index is 1.89. The third-order valence-corrected chi connectivity index (χ3v) is 3.38. The van der Waals surface area contributed by atoms with E-state index in [-0.39, 0.29) is 18.7 Å². The number of carbonyl (C=O) groups is 1. The van der Waals surface area contributed by atoms with E-state index in [0.717, 1.165) is 6.07 Å². The molecule has 1 aromatic heterocycles. The number of aliphatic hydroxyl groups is 1. The van der Waals surface area contributed by atoms with Gasteiger partial charge in [-0.25, -0.2) is 14.2 Å². The van der Waals surface area contributed by atoms with Gasteiger partial charge in [-0.3, -0.25) is 4.90 Å². The van der Waals surface area contributed by atoms with Crippen molar-refractivity contribution in [3.63, 3.8) is 0 Å². The summed E-state index contributed by atoms with van der Waals surface area (Å²) in [5, 5.41) is 9.00. The number of carbonyl (C=O) groups excluding carboxylic acids is 1. The third kappa shape index (κ3) is 2.62. The van der Waals surface area contributed by atoms with Gasteiger partial charge in [0.2, 0.25) is 5.95 Å². The highest BCUT2D eigenvalue weighted by Gasteiger charge is 2.32. The fraction of sp³-hybridized carbons (Fsp3) is 0.200. The van der Waals surface area contributed by atoms with Crippen molar-refractivity contribution in [2.75, 3.05) is 18.1 Å². The fourth-order valence-corrected chi connectivity index (χ4v) is 2.27. The molecule has 0 radical (unpaired) electrons. The maximum Gasteiger partial charge on any atom is 0.414 e. The minimum absolute atomic E-state index is 0.159. The van der Waals surface area contributed by atoms with Crippen molar-refractivity contribution in [1.29, 1.82) is 0 Å². The zero-order valence-electron chi connectivity index (χ0n) is 11.4. The second-order valence-corrected chi connectivity index (χ2v) is 4.83. The number of aliphatic hydroxyl groups excluding tert-OH is 1. The number of cyclic esters (lactones) is 1. The number of hydrogen-bond donors (Lipinski definition) is 1. The standard InChI is InChI=1S/C15H12F2N2O3/c16-13-5-10(19-7-11(8-20)22-15(19)21)2-3-12(13)9-1-4-14(17)18-6-9/h1-6,11,20H,7-8H2. The minimum Gasteiger partial charge on any atom is -0.441 e. The molecule has 22 heavy (non-hydrogen) atoms. The Kier molecular flexibility index (Phi) is 3.72. The summed E-state index contributed by atoms with van der Waals surface area (Å²) in [7, 11) is 0. The molecule has 2 heterocycles. The maximum absolute atomic E-state index is 14.2. The minimum atomic E-state index is -0.643. The van der Waals surface area contributed by atoms with Gasteiger partial charge >= 0.3 is 6.09 Å². The molecule has 1 fully saturated rings. The lowest BCUT2D eigenvalue weighted by molar-refractivity contribution is 0.0963. The van der Waals surface area contributed by atoms with Gasteiger partial charge in [0.15, 0.2) is 0 Å². The number of rotatable bonds is 3. The van der Waals surface area contributed by atoms with Gasteiger partial charge in [0, 0.05) is 17.3 Å². The van der Waals surface area contributed by atoms with Gasteiger partial charge in [-0.05, 0) is 30.3 Å². The first kappa shape index (κ1) is 14.4. The number of amides is 1. The van der Waals surface area contributed by atoms with Crippen molar-refractivity contribution in [2.24, 2.45) is 0 Å². The van der Waals surface area contributed by atoms with Crippen molar-refractivity contribution in [3.05, 3.63) is 48.3 Å². The van der Waals surface area contributed by atoms with Crippen LogP contribution >= 0.6 is 0 Å². The van der Waals surface area contributed by atoms with E-state index in [9.17, 15) is 13.6 Å². The zero-order valence-corrected chi connectivity index (χ0v) is 11.4. The highest BCUT2D eigenvalue weighted by Crippen LogP contribution is 2.28.